The van der Waals surface area contributed by atoms with E-state index in [0.29, 0.717) is 11.5 Å². The highest BCUT2D eigenvalue weighted by molar-refractivity contribution is 7.99. The van der Waals surface area contributed by atoms with Crippen LogP contribution in [0.1, 0.15) is 23.6 Å². The molecule has 1 saturated heterocycles. The lowest BCUT2D eigenvalue weighted by Gasteiger charge is -2.11. The number of rotatable bonds is 3. The van der Waals surface area contributed by atoms with Gasteiger partial charge >= 0.3 is 0 Å². The first-order chi connectivity index (χ1) is 7.65. The monoisotopic (exact) mass is 236 g/mol. The van der Waals surface area contributed by atoms with E-state index in [2.05, 4.69) is 49.6 Å². The fraction of sp³-hybridized carbons (Fsp3) is 0.538. The summed E-state index contributed by atoms with van der Waals surface area (Å²) in [5.41, 5.74) is 4.59. The summed E-state index contributed by atoms with van der Waals surface area (Å²) in [7, 11) is 0. The summed E-state index contributed by atoms with van der Waals surface area (Å²) in [6, 6.07) is 7.33. The Labute approximate surface area is 102 Å². The SMILES string of the molecule is Cc1ccc(CS[C@@H]2NC[C@H](C)N2)cc1C. The predicted octanol–water partition coefficient (Wildman–Crippen LogP) is 2.40. The molecular formula is C13H20N2S. The van der Waals surface area contributed by atoms with E-state index in [1.807, 2.05) is 11.8 Å². The number of thioether (sulfide) groups is 1. The summed E-state index contributed by atoms with van der Waals surface area (Å²) >= 11 is 1.93. The number of aryl methyl sites for hydroxylation is 2. The van der Waals surface area contributed by atoms with Crippen LogP contribution in [0.15, 0.2) is 18.2 Å². The molecule has 88 valence electrons. The van der Waals surface area contributed by atoms with Crippen molar-refractivity contribution in [2.45, 2.75) is 38.1 Å². The van der Waals surface area contributed by atoms with Gasteiger partial charge in [0.15, 0.2) is 0 Å². The van der Waals surface area contributed by atoms with Gasteiger partial charge in [0.1, 0.15) is 5.50 Å². The van der Waals surface area contributed by atoms with Gasteiger partial charge in [-0.05, 0) is 37.5 Å². The molecule has 16 heavy (non-hydrogen) atoms. The third-order valence-electron chi connectivity index (χ3n) is 3.03. The van der Waals surface area contributed by atoms with Gasteiger partial charge in [-0.1, -0.05) is 18.2 Å². The van der Waals surface area contributed by atoms with E-state index in [9.17, 15) is 0 Å². The minimum Gasteiger partial charge on any atom is -0.292 e. The molecule has 1 heterocycles. The molecule has 0 aromatic heterocycles. The third kappa shape index (κ3) is 3.00. The maximum atomic E-state index is 3.50. The standard InChI is InChI=1S/C13H20N2S/c1-9-4-5-12(6-10(9)2)8-16-13-14-7-11(3)15-13/h4-6,11,13-15H,7-8H2,1-3H3/t11-,13+/m0/s1. The number of hydrogen-bond acceptors (Lipinski definition) is 3. The van der Waals surface area contributed by atoms with Crippen LogP contribution in [-0.2, 0) is 5.75 Å². The zero-order valence-corrected chi connectivity index (χ0v) is 11.0. The Kier molecular flexibility index (Phi) is 3.90. The van der Waals surface area contributed by atoms with Gasteiger partial charge in [-0.25, -0.2) is 0 Å². The van der Waals surface area contributed by atoms with Crippen molar-refractivity contribution in [3.05, 3.63) is 34.9 Å². The van der Waals surface area contributed by atoms with Gasteiger partial charge < -0.3 is 0 Å². The Hall–Kier alpha value is -0.510. The molecule has 1 aromatic rings. The van der Waals surface area contributed by atoms with Crippen LogP contribution in [0.3, 0.4) is 0 Å². The smallest absolute Gasteiger partial charge is 0.106 e. The van der Waals surface area contributed by atoms with E-state index < -0.39 is 0 Å². The van der Waals surface area contributed by atoms with Crippen molar-refractivity contribution >= 4 is 11.8 Å². The van der Waals surface area contributed by atoms with Crippen LogP contribution >= 0.6 is 11.8 Å². The molecule has 0 saturated carbocycles. The van der Waals surface area contributed by atoms with Crippen LogP contribution in [0.25, 0.3) is 0 Å². The average molecular weight is 236 g/mol. The second kappa shape index (κ2) is 5.21. The molecule has 2 atom stereocenters. The minimum absolute atomic E-state index is 0.414. The number of benzene rings is 1. The maximum absolute atomic E-state index is 3.50. The first kappa shape index (κ1) is 12.0. The lowest BCUT2D eigenvalue weighted by atomic mass is 10.1. The lowest BCUT2D eigenvalue weighted by molar-refractivity contribution is 0.670. The van der Waals surface area contributed by atoms with Crippen LogP contribution in [0.4, 0.5) is 0 Å². The first-order valence-corrected chi connectivity index (χ1v) is 6.87. The molecule has 1 fully saturated rings. The quantitative estimate of drug-likeness (QED) is 0.843. The van der Waals surface area contributed by atoms with E-state index >= 15 is 0 Å². The molecule has 0 bridgehead atoms. The molecule has 0 aliphatic carbocycles. The fourth-order valence-corrected chi connectivity index (χ4v) is 2.92. The van der Waals surface area contributed by atoms with E-state index in [0.717, 1.165) is 12.3 Å². The molecule has 2 N–H and O–H groups in total. The molecule has 0 spiro atoms. The second-order valence-corrected chi connectivity index (χ2v) is 5.68. The molecule has 2 nitrogen and oxygen atoms in total. The molecule has 1 aliphatic rings. The second-order valence-electron chi connectivity index (χ2n) is 4.59. The molecule has 2 rings (SSSR count). The zero-order valence-electron chi connectivity index (χ0n) is 10.2. The van der Waals surface area contributed by atoms with Crippen LogP contribution in [0, 0.1) is 13.8 Å². The average Bonchev–Trinajstić information content (AvgIpc) is 2.66. The number of nitrogens with one attached hydrogen (secondary N) is 2. The Balaban J connectivity index is 1.87. The van der Waals surface area contributed by atoms with E-state index in [4.69, 9.17) is 0 Å². The van der Waals surface area contributed by atoms with Gasteiger partial charge in [0, 0.05) is 18.3 Å². The molecule has 1 aliphatic heterocycles. The minimum atomic E-state index is 0.414. The molecule has 0 radical (unpaired) electrons. The Morgan fingerprint density at radius 2 is 2.12 bits per heavy atom. The molecule has 1 aromatic carbocycles. The van der Waals surface area contributed by atoms with Gasteiger partial charge in [-0.2, -0.15) is 0 Å². The first-order valence-electron chi connectivity index (χ1n) is 5.82. The molecule has 0 amide bonds. The Morgan fingerprint density at radius 1 is 1.31 bits per heavy atom. The van der Waals surface area contributed by atoms with Gasteiger partial charge in [0.05, 0.1) is 0 Å². The Bertz CT molecular complexity index is 365. The molecular weight excluding hydrogens is 216 g/mol. The normalized spacial score (nSPS) is 24.9. The summed E-state index contributed by atoms with van der Waals surface area (Å²) < 4.78 is 0. The van der Waals surface area contributed by atoms with Crippen LogP contribution in [0.5, 0.6) is 0 Å². The van der Waals surface area contributed by atoms with Crippen LogP contribution < -0.4 is 10.6 Å². The molecule has 3 heteroatoms. The van der Waals surface area contributed by atoms with Gasteiger partial charge in [-0.3, -0.25) is 10.6 Å². The summed E-state index contributed by atoms with van der Waals surface area (Å²) in [6.45, 7) is 7.62. The summed E-state index contributed by atoms with van der Waals surface area (Å²) in [5, 5.41) is 6.96. The largest absolute Gasteiger partial charge is 0.292 e. The lowest BCUT2D eigenvalue weighted by Crippen LogP contribution is -2.29. The van der Waals surface area contributed by atoms with E-state index in [1.165, 1.54) is 16.7 Å². The van der Waals surface area contributed by atoms with Gasteiger partial charge in [0.25, 0.3) is 0 Å². The van der Waals surface area contributed by atoms with Crippen molar-refractivity contribution in [1.82, 2.24) is 10.6 Å². The summed E-state index contributed by atoms with van der Waals surface area (Å²) in [5.74, 6) is 1.07. The van der Waals surface area contributed by atoms with Crippen molar-refractivity contribution in [3.63, 3.8) is 0 Å². The Morgan fingerprint density at radius 3 is 2.75 bits per heavy atom. The van der Waals surface area contributed by atoms with Crippen LogP contribution in [0.2, 0.25) is 0 Å². The highest BCUT2D eigenvalue weighted by Crippen LogP contribution is 2.19. The van der Waals surface area contributed by atoms with Crippen molar-refractivity contribution in [1.29, 1.82) is 0 Å². The topological polar surface area (TPSA) is 24.1 Å². The summed E-state index contributed by atoms with van der Waals surface area (Å²) in [6.07, 6.45) is 0. The highest BCUT2D eigenvalue weighted by Gasteiger charge is 2.18. The summed E-state index contributed by atoms with van der Waals surface area (Å²) in [4.78, 5) is 0. The highest BCUT2D eigenvalue weighted by atomic mass is 32.2. The molecule has 0 unspecified atom stereocenters. The van der Waals surface area contributed by atoms with E-state index in [-0.39, 0.29) is 0 Å². The predicted molar refractivity (Wildman–Crippen MR) is 71.6 cm³/mol. The van der Waals surface area contributed by atoms with Gasteiger partial charge in [-0.15, -0.1) is 11.8 Å². The third-order valence-corrected chi connectivity index (χ3v) is 4.17. The van der Waals surface area contributed by atoms with Crippen LogP contribution in [-0.4, -0.2) is 18.1 Å². The van der Waals surface area contributed by atoms with Crippen molar-refractivity contribution in [3.8, 4) is 0 Å². The van der Waals surface area contributed by atoms with Crippen molar-refractivity contribution in [2.75, 3.05) is 6.54 Å². The van der Waals surface area contributed by atoms with Gasteiger partial charge in [0.2, 0.25) is 0 Å². The fourth-order valence-electron chi connectivity index (χ4n) is 1.84. The zero-order chi connectivity index (χ0) is 11.5. The van der Waals surface area contributed by atoms with Crippen molar-refractivity contribution < 1.29 is 0 Å². The van der Waals surface area contributed by atoms with Crippen molar-refractivity contribution in [2.24, 2.45) is 0 Å². The number of hydrogen-bond donors (Lipinski definition) is 2. The maximum Gasteiger partial charge on any atom is 0.106 e. The van der Waals surface area contributed by atoms with E-state index in [1.54, 1.807) is 0 Å².